The second-order valence-corrected chi connectivity index (χ2v) is 3.73. The summed E-state index contributed by atoms with van der Waals surface area (Å²) in [4.78, 5) is 0. The molecule has 0 aliphatic heterocycles. The highest BCUT2D eigenvalue weighted by Gasteiger charge is 1.86. The lowest BCUT2D eigenvalue weighted by Crippen LogP contribution is -1.74. The van der Waals surface area contributed by atoms with E-state index < -0.39 is 0 Å². The second kappa shape index (κ2) is 7.90. The van der Waals surface area contributed by atoms with Crippen LogP contribution < -0.4 is 0 Å². The Kier molecular flexibility index (Phi) is 5.82. The van der Waals surface area contributed by atoms with Gasteiger partial charge in [-0.25, -0.2) is 0 Å². The summed E-state index contributed by atoms with van der Waals surface area (Å²) in [6, 6.07) is 14.6. The maximum absolute atomic E-state index is 5.14. The third-order valence-electron chi connectivity index (χ3n) is 2.44. The van der Waals surface area contributed by atoms with Gasteiger partial charge < -0.3 is 0 Å². The summed E-state index contributed by atoms with van der Waals surface area (Å²) in [5.74, 6) is 10.0. The third-order valence-corrected chi connectivity index (χ3v) is 2.44. The Bertz CT molecular complexity index is 582. The fourth-order valence-corrected chi connectivity index (χ4v) is 1.33. The molecule has 92 valence electrons. The molecule has 20 heavy (non-hydrogen) atoms. The van der Waals surface area contributed by atoms with Crippen LogP contribution >= 0.6 is 0 Å². The Morgan fingerprint density at radius 3 is 0.650 bits per heavy atom. The van der Waals surface area contributed by atoms with E-state index in [9.17, 15) is 0 Å². The van der Waals surface area contributed by atoms with Gasteiger partial charge >= 0.3 is 0 Å². The summed E-state index contributed by atoms with van der Waals surface area (Å²) < 4.78 is 0. The Balaban J connectivity index is 0.000000200. The molecule has 2 aromatic carbocycles. The Morgan fingerprint density at radius 2 is 0.550 bits per heavy atom. The van der Waals surface area contributed by atoms with Gasteiger partial charge in [0.25, 0.3) is 0 Å². The first-order chi connectivity index (χ1) is 9.73. The molecule has 0 nitrogen and oxygen atoms in total. The maximum atomic E-state index is 5.14. The molecule has 0 amide bonds. The monoisotopic (exact) mass is 252 g/mol. The lowest BCUT2D eigenvalue weighted by atomic mass is 10.1. The Hall–Kier alpha value is -3.32. The van der Waals surface area contributed by atoms with Crippen LogP contribution in [0.5, 0.6) is 0 Å². The molecule has 0 aliphatic carbocycles. The zero-order chi connectivity index (χ0) is 14.8. The number of benzene rings is 2. The van der Waals surface area contributed by atoms with Gasteiger partial charge in [0.05, 0.1) is 0 Å². The van der Waals surface area contributed by atoms with Crippen LogP contribution in [0.3, 0.4) is 0 Å². The van der Waals surface area contributed by atoms with Gasteiger partial charge in [-0.1, -0.05) is 23.7 Å². The number of terminal acetylenes is 4. The van der Waals surface area contributed by atoms with E-state index in [1.807, 2.05) is 48.5 Å². The van der Waals surface area contributed by atoms with Crippen molar-refractivity contribution in [2.45, 2.75) is 0 Å². The van der Waals surface area contributed by atoms with E-state index in [0.29, 0.717) is 0 Å². The molecule has 2 aromatic rings. The topological polar surface area (TPSA) is 0 Å². The zero-order valence-corrected chi connectivity index (χ0v) is 10.9. The third kappa shape index (κ3) is 4.51. The molecule has 0 saturated heterocycles. The van der Waals surface area contributed by atoms with Crippen molar-refractivity contribution in [3.63, 3.8) is 0 Å². The summed E-state index contributed by atoms with van der Waals surface area (Å²) in [6.45, 7) is 0. The fraction of sp³-hybridized carbons (Fsp3) is 0. The molecule has 0 N–H and O–H groups in total. The van der Waals surface area contributed by atoms with Crippen LogP contribution in [0.1, 0.15) is 22.3 Å². The summed E-state index contributed by atoms with van der Waals surface area (Å²) >= 11 is 0. The van der Waals surface area contributed by atoms with Crippen molar-refractivity contribution in [2.24, 2.45) is 0 Å². The first kappa shape index (κ1) is 14.7. The van der Waals surface area contributed by atoms with Crippen LogP contribution in [0.15, 0.2) is 48.5 Å². The van der Waals surface area contributed by atoms with E-state index in [-0.39, 0.29) is 0 Å². The van der Waals surface area contributed by atoms with Crippen molar-refractivity contribution >= 4 is 0 Å². The average Bonchev–Trinajstić information content (AvgIpc) is 2.55. The van der Waals surface area contributed by atoms with Crippen molar-refractivity contribution < 1.29 is 0 Å². The number of hydrogen-bond acceptors (Lipinski definition) is 0. The molecule has 0 aromatic heterocycles. The van der Waals surface area contributed by atoms with E-state index in [4.69, 9.17) is 25.7 Å². The van der Waals surface area contributed by atoms with Gasteiger partial charge in [-0.05, 0) is 48.5 Å². The predicted octanol–water partition coefficient (Wildman–Crippen LogP) is 3.30. The smallest absolute Gasteiger partial charge is 0.0243 e. The highest BCUT2D eigenvalue weighted by Crippen LogP contribution is 2.01. The van der Waals surface area contributed by atoms with Crippen LogP contribution in [-0.2, 0) is 0 Å². The molecule has 0 fully saturated rings. The molecular weight excluding hydrogens is 240 g/mol. The molecule has 0 radical (unpaired) electrons. The zero-order valence-electron chi connectivity index (χ0n) is 10.9. The largest absolute Gasteiger partial charge is 0.115 e. The van der Waals surface area contributed by atoms with Crippen LogP contribution in [-0.4, -0.2) is 0 Å². The standard InChI is InChI=1S/2C10H6/c2*1-3-9-5-7-10(4-2)8-6-9/h2*1-2,5-8H. The van der Waals surface area contributed by atoms with Crippen molar-refractivity contribution in [3.05, 3.63) is 70.8 Å². The maximum Gasteiger partial charge on any atom is 0.0243 e. The number of rotatable bonds is 0. The van der Waals surface area contributed by atoms with Crippen LogP contribution in [0.4, 0.5) is 0 Å². The van der Waals surface area contributed by atoms with Gasteiger partial charge in [-0.2, -0.15) is 0 Å². The van der Waals surface area contributed by atoms with Gasteiger partial charge in [0, 0.05) is 22.3 Å². The van der Waals surface area contributed by atoms with Gasteiger partial charge in [0.15, 0.2) is 0 Å². The normalized spacial score (nSPS) is 7.80. The van der Waals surface area contributed by atoms with Gasteiger partial charge in [0.1, 0.15) is 0 Å². The van der Waals surface area contributed by atoms with E-state index in [1.54, 1.807) is 0 Å². The summed E-state index contributed by atoms with van der Waals surface area (Å²) in [6.07, 6.45) is 20.6. The second-order valence-electron chi connectivity index (χ2n) is 3.73. The summed E-state index contributed by atoms with van der Waals surface area (Å²) in [5, 5.41) is 0. The molecule has 0 atom stereocenters. The molecule has 0 spiro atoms. The highest BCUT2D eigenvalue weighted by molar-refractivity contribution is 5.40. The van der Waals surface area contributed by atoms with Crippen molar-refractivity contribution in [1.29, 1.82) is 0 Å². The molecule has 0 heteroatoms. The Labute approximate surface area is 120 Å². The molecule has 0 aliphatic rings. The van der Waals surface area contributed by atoms with Crippen molar-refractivity contribution in [3.8, 4) is 49.4 Å². The van der Waals surface area contributed by atoms with Gasteiger partial charge in [0.2, 0.25) is 0 Å². The van der Waals surface area contributed by atoms with Crippen LogP contribution in [0.25, 0.3) is 0 Å². The molecule has 2 rings (SSSR count). The Morgan fingerprint density at radius 1 is 0.400 bits per heavy atom. The molecule has 0 unspecified atom stereocenters. The minimum absolute atomic E-state index is 0.860. The van der Waals surface area contributed by atoms with E-state index in [0.717, 1.165) is 22.3 Å². The first-order valence-electron chi connectivity index (χ1n) is 5.80. The van der Waals surface area contributed by atoms with Gasteiger partial charge in [-0.3, -0.25) is 0 Å². The SMILES string of the molecule is C#Cc1ccc(C#C)cc1.C#Cc1ccc(C#C)cc1. The average molecular weight is 252 g/mol. The lowest BCUT2D eigenvalue weighted by Gasteiger charge is -1.89. The van der Waals surface area contributed by atoms with Crippen LogP contribution in [0, 0.1) is 49.4 Å². The highest BCUT2D eigenvalue weighted by atomic mass is 13.9. The van der Waals surface area contributed by atoms with E-state index in [2.05, 4.69) is 23.7 Å². The van der Waals surface area contributed by atoms with Crippen LogP contribution in [0.2, 0.25) is 0 Å². The van der Waals surface area contributed by atoms with E-state index >= 15 is 0 Å². The molecule has 0 saturated carbocycles. The minimum Gasteiger partial charge on any atom is -0.115 e. The molecule has 0 heterocycles. The van der Waals surface area contributed by atoms with E-state index in [1.165, 1.54) is 0 Å². The first-order valence-corrected chi connectivity index (χ1v) is 5.80. The summed E-state index contributed by atoms with van der Waals surface area (Å²) in [7, 11) is 0. The predicted molar refractivity (Wildman–Crippen MR) is 84.6 cm³/mol. The summed E-state index contributed by atoms with van der Waals surface area (Å²) in [5.41, 5.74) is 3.44. The van der Waals surface area contributed by atoms with Gasteiger partial charge in [-0.15, -0.1) is 25.7 Å². The quantitative estimate of drug-likeness (QED) is 0.631. The lowest BCUT2D eigenvalue weighted by molar-refractivity contribution is 1.61. The van der Waals surface area contributed by atoms with Crippen molar-refractivity contribution in [1.82, 2.24) is 0 Å². The molecular formula is C20H12. The van der Waals surface area contributed by atoms with Crippen molar-refractivity contribution in [2.75, 3.05) is 0 Å². The minimum atomic E-state index is 0.860. The fourth-order valence-electron chi connectivity index (χ4n) is 1.33. The molecule has 0 bridgehead atoms. The number of hydrogen-bond donors (Lipinski definition) is 0.